The molecule has 0 spiro atoms. The van der Waals surface area contributed by atoms with Crippen molar-refractivity contribution in [2.24, 2.45) is 5.92 Å². The van der Waals surface area contributed by atoms with Gasteiger partial charge in [-0.3, -0.25) is 0 Å². The second-order valence-corrected chi connectivity index (χ2v) is 5.52. The summed E-state index contributed by atoms with van der Waals surface area (Å²) in [5.74, 6) is -0.810. The third-order valence-corrected chi connectivity index (χ3v) is 4.11. The van der Waals surface area contributed by atoms with Gasteiger partial charge in [0.05, 0.1) is 11.6 Å². The van der Waals surface area contributed by atoms with E-state index < -0.39 is 5.97 Å². The number of carbonyl (C=O) groups is 1. The number of fused-ring (bicyclic) bond motifs is 1. The summed E-state index contributed by atoms with van der Waals surface area (Å²) >= 11 is 0. The van der Waals surface area contributed by atoms with Crippen molar-refractivity contribution in [3.05, 3.63) is 36.0 Å². The van der Waals surface area contributed by atoms with Crippen LogP contribution in [0.15, 0.2) is 30.3 Å². The van der Waals surface area contributed by atoms with Gasteiger partial charge < -0.3 is 15.5 Å². The van der Waals surface area contributed by atoms with Gasteiger partial charge in [-0.2, -0.15) is 0 Å². The number of anilines is 1. The lowest BCUT2D eigenvalue weighted by Gasteiger charge is -2.17. The minimum absolute atomic E-state index is 0.0307. The molecule has 21 heavy (non-hydrogen) atoms. The topological polar surface area (TPSA) is 82.5 Å². The molecule has 3 N–H and O–H groups in total. The monoisotopic (exact) mass is 286 g/mol. The van der Waals surface area contributed by atoms with E-state index in [1.54, 1.807) is 12.1 Å². The van der Waals surface area contributed by atoms with Crippen molar-refractivity contribution >= 4 is 22.6 Å². The summed E-state index contributed by atoms with van der Waals surface area (Å²) < 4.78 is 0. The zero-order valence-corrected chi connectivity index (χ0v) is 11.6. The fourth-order valence-electron chi connectivity index (χ4n) is 2.93. The number of pyridine rings is 1. The first-order valence-electron chi connectivity index (χ1n) is 7.20. The number of benzene rings is 1. The van der Waals surface area contributed by atoms with Gasteiger partial charge >= 0.3 is 5.97 Å². The molecule has 1 heterocycles. The molecule has 1 saturated carbocycles. The predicted octanol–water partition coefficient (Wildman–Crippen LogP) is 2.51. The van der Waals surface area contributed by atoms with Crippen LogP contribution in [0.3, 0.4) is 0 Å². The minimum Gasteiger partial charge on any atom is -0.477 e. The molecular weight excluding hydrogens is 268 g/mol. The van der Waals surface area contributed by atoms with Crippen molar-refractivity contribution < 1.29 is 15.0 Å². The summed E-state index contributed by atoms with van der Waals surface area (Å²) in [4.78, 5) is 15.3. The number of para-hydroxylation sites is 1. The van der Waals surface area contributed by atoms with Crippen LogP contribution < -0.4 is 5.32 Å². The Balaban J connectivity index is 1.90. The molecule has 0 amide bonds. The summed E-state index contributed by atoms with van der Waals surface area (Å²) in [6, 6.07) is 9.02. The lowest BCUT2D eigenvalue weighted by atomic mass is 10.1. The molecule has 2 aromatic rings. The number of hydrogen-bond acceptors (Lipinski definition) is 4. The van der Waals surface area contributed by atoms with Gasteiger partial charge in [0, 0.05) is 23.5 Å². The van der Waals surface area contributed by atoms with Crippen molar-refractivity contribution in [1.29, 1.82) is 0 Å². The number of aromatic carboxylic acids is 1. The van der Waals surface area contributed by atoms with Crippen LogP contribution in [0.4, 0.5) is 5.69 Å². The van der Waals surface area contributed by atoms with Gasteiger partial charge in [0.1, 0.15) is 0 Å². The highest BCUT2D eigenvalue weighted by atomic mass is 16.4. The highest BCUT2D eigenvalue weighted by Crippen LogP contribution is 2.28. The molecule has 110 valence electrons. The Bertz CT molecular complexity index is 672. The molecule has 1 aromatic carbocycles. The summed E-state index contributed by atoms with van der Waals surface area (Å²) in [7, 11) is 0. The SMILES string of the molecule is O=C(O)c1cc(NCC2CCCC2O)c2ccccc2n1. The Morgan fingerprint density at radius 3 is 2.86 bits per heavy atom. The van der Waals surface area contributed by atoms with E-state index in [9.17, 15) is 9.90 Å². The molecule has 3 rings (SSSR count). The lowest BCUT2D eigenvalue weighted by molar-refractivity contribution is 0.0691. The Hall–Kier alpha value is -2.14. The molecule has 1 aromatic heterocycles. The number of carboxylic acids is 1. The number of nitrogens with zero attached hydrogens (tertiary/aromatic N) is 1. The average Bonchev–Trinajstić information content (AvgIpc) is 2.89. The van der Waals surface area contributed by atoms with E-state index in [4.69, 9.17) is 5.11 Å². The zero-order valence-electron chi connectivity index (χ0n) is 11.6. The van der Waals surface area contributed by atoms with Gasteiger partial charge in [0.2, 0.25) is 0 Å². The number of aliphatic hydroxyl groups excluding tert-OH is 1. The first kappa shape index (κ1) is 13.8. The van der Waals surface area contributed by atoms with Crippen molar-refractivity contribution in [3.8, 4) is 0 Å². The molecule has 0 radical (unpaired) electrons. The predicted molar refractivity (Wildman–Crippen MR) is 80.5 cm³/mol. The number of aliphatic hydroxyl groups is 1. The van der Waals surface area contributed by atoms with E-state index in [-0.39, 0.29) is 17.7 Å². The molecule has 1 aliphatic rings. The van der Waals surface area contributed by atoms with E-state index in [2.05, 4.69) is 10.3 Å². The van der Waals surface area contributed by atoms with E-state index in [1.807, 2.05) is 18.2 Å². The van der Waals surface area contributed by atoms with Gasteiger partial charge in [-0.25, -0.2) is 9.78 Å². The first-order valence-corrected chi connectivity index (χ1v) is 7.20. The number of hydrogen-bond donors (Lipinski definition) is 3. The fraction of sp³-hybridized carbons (Fsp3) is 0.375. The van der Waals surface area contributed by atoms with E-state index >= 15 is 0 Å². The van der Waals surface area contributed by atoms with Crippen molar-refractivity contribution in [3.63, 3.8) is 0 Å². The van der Waals surface area contributed by atoms with Crippen LogP contribution in [0.2, 0.25) is 0 Å². The standard InChI is InChI=1S/C16H18N2O3/c19-15-7-3-4-10(15)9-17-13-8-14(16(20)21)18-12-6-2-1-5-11(12)13/h1-2,5-6,8,10,15,19H,3-4,7,9H2,(H,17,18)(H,20,21). The number of aromatic nitrogens is 1. The number of nitrogens with one attached hydrogen (secondary N) is 1. The summed E-state index contributed by atoms with van der Waals surface area (Å²) in [5.41, 5.74) is 1.45. The van der Waals surface area contributed by atoms with Crippen LogP contribution in [-0.4, -0.2) is 33.8 Å². The first-order chi connectivity index (χ1) is 10.1. The minimum atomic E-state index is -1.04. The third kappa shape index (κ3) is 2.83. The van der Waals surface area contributed by atoms with Gasteiger partial charge in [-0.05, 0) is 25.0 Å². The number of carboxylic acid groups (broad SMARTS) is 1. The maximum absolute atomic E-state index is 11.2. The molecule has 2 atom stereocenters. The average molecular weight is 286 g/mol. The maximum Gasteiger partial charge on any atom is 0.354 e. The molecule has 0 aliphatic heterocycles. The van der Waals surface area contributed by atoms with Gasteiger partial charge in [-0.1, -0.05) is 24.6 Å². The molecule has 0 bridgehead atoms. The molecule has 5 nitrogen and oxygen atoms in total. The van der Waals surface area contributed by atoms with E-state index in [0.29, 0.717) is 12.1 Å². The highest BCUT2D eigenvalue weighted by Gasteiger charge is 2.25. The molecule has 2 unspecified atom stereocenters. The quantitative estimate of drug-likeness (QED) is 0.804. The maximum atomic E-state index is 11.2. The second kappa shape index (κ2) is 5.69. The molecule has 5 heteroatoms. The van der Waals surface area contributed by atoms with Crippen LogP contribution in [-0.2, 0) is 0 Å². The van der Waals surface area contributed by atoms with Gasteiger partial charge in [-0.15, -0.1) is 0 Å². The molecule has 1 aliphatic carbocycles. The summed E-state index contributed by atoms with van der Waals surface area (Å²) in [6.07, 6.45) is 2.64. The van der Waals surface area contributed by atoms with Gasteiger partial charge in [0.15, 0.2) is 5.69 Å². The fourth-order valence-corrected chi connectivity index (χ4v) is 2.93. The normalized spacial score (nSPS) is 21.6. The third-order valence-electron chi connectivity index (χ3n) is 4.11. The van der Waals surface area contributed by atoms with Crippen molar-refractivity contribution in [2.45, 2.75) is 25.4 Å². The van der Waals surface area contributed by atoms with Crippen LogP contribution in [0.25, 0.3) is 10.9 Å². The van der Waals surface area contributed by atoms with Crippen LogP contribution in [0.1, 0.15) is 29.8 Å². The summed E-state index contributed by atoms with van der Waals surface area (Å²) in [5, 5.41) is 23.2. The van der Waals surface area contributed by atoms with Crippen LogP contribution >= 0.6 is 0 Å². The molecule has 0 saturated heterocycles. The smallest absolute Gasteiger partial charge is 0.354 e. The Labute approximate surface area is 122 Å². The van der Waals surface area contributed by atoms with Crippen LogP contribution in [0, 0.1) is 5.92 Å². The van der Waals surface area contributed by atoms with Gasteiger partial charge in [0.25, 0.3) is 0 Å². The molecule has 1 fully saturated rings. The lowest BCUT2D eigenvalue weighted by Crippen LogP contribution is -2.22. The highest BCUT2D eigenvalue weighted by molar-refractivity contribution is 5.97. The Morgan fingerprint density at radius 2 is 2.14 bits per heavy atom. The summed E-state index contributed by atoms with van der Waals surface area (Å²) in [6.45, 7) is 0.647. The second-order valence-electron chi connectivity index (χ2n) is 5.52. The molecular formula is C16H18N2O3. The Morgan fingerprint density at radius 1 is 1.33 bits per heavy atom. The van der Waals surface area contributed by atoms with E-state index in [1.165, 1.54) is 0 Å². The number of rotatable bonds is 4. The zero-order chi connectivity index (χ0) is 14.8. The van der Waals surface area contributed by atoms with Crippen LogP contribution in [0.5, 0.6) is 0 Å². The largest absolute Gasteiger partial charge is 0.477 e. The van der Waals surface area contributed by atoms with Crippen molar-refractivity contribution in [1.82, 2.24) is 4.98 Å². The van der Waals surface area contributed by atoms with Crippen molar-refractivity contribution in [2.75, 3.05) is 11.9 Å². The Kier molecular flexibility index (Phi) is 3.75. The van der Waals surface area contributed by atoms with E-state index in [0.717, 1.165) is 30.3 Å².